The van der Waals surface area contributed by atoms with Gasteiger partial charge in [0.05, 0.1) is 18.8 Å². The number of hydrogen-bond acceptors (Lipinski definition) is 5. The fraction of sp³-hybridized carbons (Fsp3) is 0.935. The molecule has 1 amide bonds. The van der Waals surface area contributed by atoms with Crippen molar-refractivity contribution in [2.24, 2.45) is 0 Å². The standard InChI is InChI=1S/C46H91NO5/c1-3-5-7-9-11-13-15-17-18-19-20-21-22-23-24-25-26-27-28-30-31-33-35-37-39-43(49)45(51)42(41-48)47-46(52)44(50)40-38-36-34-32-29-16-14-12-10-8-6-4-2/h31,33,42-45,48-51H,3-30,32,34-41H2,1-2H3,(H,47,52)/b33-31+. The Balaban J connectivity index is 3.68. The first-order valence-electron chi connectivity index (χ1n) is 23.1. The molecule has 0 aromatic rings. The molecule has 0 fully saturated rings. The molecule has 0 aromatic carbocycles. The highest BCUT2D eigenvalue weighted by Crippen LogP contribution is 2.17. The van der Waals surface area contributed by atoms with Crippen LogP contribution in [0.25, 0.3) is 0 Å². The molecule has 0 aromatic heterocycles. The van der Waals surface area contributed by atoms with E-state index in [9.17, 15) is 25.2 Å². The highest BCUT2D eigenvalue weighted by Gasteiger charge is 2.28. The van der Waals surface area contributed by atoms with Crippen molar-refractivity contribution in [1.82, 2.24) is 5.32 Å². The van der Waals surface area contributed by atoms with Crippen LogP contribution in [0.5, 0.6) is 0 Å². The second-order valence-corrected chi connectivity index (χ2v) is 16.1. The lowest BCUT2D eigenvalue weighted by Crippen LogP contribution is -2.53. The van der Waals surface area contributed by atoms with Gasteiger partial charge in [-0.3, -0.25) is 4.79 Å². The van der Waals surface area contributed by atoms with Crippen LogP contribution in [-0.4, -0.2) is 57.3 Å². The monoisotopic (exact) mass is 738 g/mol. The Morgan fingerprint density at radius 2 is 0.788 bits per heavy atom. The van der Waals surface area contributed by atoms with E-state index >= 15 is 0 Å². The zero-order valence-corrected chi connectivity index (χ0v) is 34.8. The van der Waals surface area contributed by atoms with Crippen molar-refractivity contribution in [2.75, 3.05) is 6.61 Å². The normalized spacial score (nSPS) is 14.2. The first-order chi connectivity index (χ1) is 25.5. The van der Waals surface area contributed by atoms with Crippen molar-refractivity contribution < 1.29 is 25.2 Å². The molecule has 4 atom stereocenters. The van der Waals surface area contributed by atoms with Crippen molar-refractivity contribution in [3.05, 3.63) is 12.2 Å². The summed E-state index contributed by atoms with van der Waals surface area (Å²) in [6.45, 7) is 4.04. The predicted molar refractivity (Wildman–Crippen MR) is 224 cm³/mol. The molecule has 0 saturated carbocycles. The van der Waals surface area contributed by atoms with Crippen LogP contribution in [0.2, 0.25) is 0 Å². The predicted octanol–water partition coefficient (Wildman–Crippen LogP) is 12.2. The van der Waals surface area contributed by atoms with Gasteiger partial charge in [0.2, 0.25) is 5.91 Å². The van der Waals surface area contributed by atoms with Crippen LogP contribution in [0.3, 0.4) is 0 Å². The van der Waals surface area contributed by atoms with Gasteiger partial charge >= 0.3 is 0 Å². The zero-order valence-electron chi connectivity index (χ0n) is 34.8. The Morgan fingerprint density at radius 1 is 0.462 bits per heavy atom. The number of allylic oxidation sites excluding steroid dienone is 2. The lowest BCUT2D eigenvalue weighted by atomic mass is 10.00. The van der Waals surface area contributed by atoms with Crippen LogP contribution in [0.1, 0.15) is 245 Å². The summed E-state index contributed by atoms with van der Waals surface area (Å²) < 4.78 is 0. The van der Waals surface area contributed by atoms with E-state index in [1.54, 1.807) is 0 Å². The second kappa shape index (κ2) is 41.2. The molecular formula is C46H91NO5. The van der Waals surface area contributed by atoms with E-state index in [0.717, 1.165) is 38.5 Å². The number of carbonyl (C=O) groups is 1. The van der Waals surface area contributed by atoms with Crippen LogP contribution in [0.15, 0.2) is 12.2 Å². The minimum absolute atomic E-state index is 0.367. The molecule has 0 bridgehead atoms. The maximum absolute atomic E-state index is 12.5. The number of rotatable bonds is 42. The topological polar surface area (TPSA) is 110 Å². The minimum atomic E-state index is -1.28. The minimum Gasteiger partial charge on any atom is -0.394 e. The summed E-state index contributed by atoms with van der Waals surface area (Å²) in [6, 6.07) is -0.996. The van der Waals surface area contributed by atoms with E-state index in [2.05, 4.69) is 31.3 Å². The molecular weight excluding hydrogens is 647 g/mol. The van der Waals surface area contributed by atoms with Gasteiger partial charge in [0, 0.05) is 0 Å². The first-order valence-corrected chi connectivity index (χ1v) is 23.1. The summed E-state index contributed by atoms with van der Waals surface area (Å²) in [7, 11) is 0. The molecule has 0 saturated heterocycles. The highest BCUT2D eigenvalue weighted by molar-refractivity contribution is 5.80. The number of amides is 1. The lowest BCUT2D eigenvalue weighted by molar-refractivity contribution is -0.132. The summed E-state index contributed by atoms with van der Waals surface area (Å²) in [4.78, 5) is 12.5. The molecule has 0 aliphatic heterocycles. The Morgan fingerprint density at radius 3 is 1.15 bits per heavy atom. The highest BCUT2D eigenvalue weighted by atomic mass is 16.3. The number of carbonyl (C=O) groups excluding carboxylic acids is 1. The summed E-state index contributed by atoms with van der Waals surface area (Å²) >= 11 is 0. The van der Waals surface area contributed by atoms with Crippen LogP contribution in [0, 0.1) is 0 Å². The van der Waals surface area contributed by atoms with E-state index in [1.165, 1.54) is 180 Å². The average molecular weight is 738 g/mol. The average Bonchev–Trinajstić information content (AvgIpc) is 3.15. The van der Waals surface area contributed by atoms with E-state index in [-0.39, 0.29) is 0 Å². The Hall–Kier alpha value is -0.950. The Labute approximate surface area is 323 Å². The fourth-order valence-corrected chi connectivity index (χ4v) is 7.29. The number of aliphatic hydroxyl groups excluding tert-OH is 4. The first kappa shape index (κ1) is 51.0. The van der Waals surface area contributed by atoms with Crippen molar-refractivity contribution in [3.63, 3.8) is 0 Å². The zero-order chi connectivity index (χ0) is 38.2. The summed E-state index contributed by atoms with van der Waals surface area (Å²) in [5, 5.41) is 43.6. The number of hydrogen-bond donors (Lipinski definition) is 5. The maximum Gasteiger partial charge on any atom is 0.249 e. The molecule has 52 heavy (non-hydrogen) atoms. The largest absolute Gasteiger partial charge is 0.394 e. The fourth-order valence-electron chi connectivity index (χ4n) is 7.29. The third kappa shape index (κ3) is 34.8. The number of unbranched alkanes of at least 4 members (excludes halogenated alkanes) is 31. The van der Waals surface area contributed by atoms with Crippen molar-refractivity contribution >= 4 is 5.91 Å². The molecule has 0 spiro atoms. The van der Waals surface area contributed by atoms with Crippen LogP contribution in [-0.2, 0) is 4.79 Å². The SMILES string of the molecule is CCCCCCCCCCCCCCCCCCCCC/C=C/CCCC(O)C(O)C(CO)NC(=O)C(O)CCCCCCCCCCCCCC. The van der Waals surface area contributed by atoms with Crippen LogP contribution >= 0.6 is 0 Å². The van der Waals surface area contributed by atoms with E-state index < -0.39 is 36.9 Å². The third-order valence-electron chi connectivity index (χ3n) is 11.0. The van der Waals surface area contributed by atoms with E-state index in [4.69, 9.17) is 0 Å². The quantitative estimate of drug-likeness (QED) is 0.0316. The molecule has 6 nitrogen and oxygen atoms in total. The van der Waals surface area contributed by atoms with Crippen molar-refractivity contribution in [3.8, 4) is 0 Å². The molecule has 0 rings (SSSR count). The maximum atomic E-state index is 12.5. The molecule has 4 unspecified atom stereocenters. The van der Waals surface area contributed by atoms with Gasteiger partial charge in [0.1, 0.15) is 12.2 Å². The molecule has 310 valence electrons. The van der Waals surface area contributed by atoms with Gasteiger partial charge in [-0.25, -0.2) is 0 Å². The Kier molecular flexibility index (Phi) is 40.5. The second-order valence-electron chi connectivity index (χ2n) is 16.1. The van der Waals surface area contributed by atoms with E-state index in [1.807, 2.05) is 0 Å². The summed E-state index contributed by atoms with van der Waals surface area (Å²) in [6.07, 6.45) is 45.5. The smallest absolute Gasteiger partial charge is 0.249 e. The van der Waals surface area contributed by atoms with Crippen molar-refractivity contribution in [1.29, 1.82) is 0 Å². The third-order valence-corrected chi connectivity index (χ3v) is 11.0. The van der Waals surface area contributed by atoms with Gasteiger partial charge in [0.25, 0.3) is 0 Å². The summed E-state index contributed by atoms with van der Waals surface area (Å²) in [5.41, 5.74) is 0. The van der Waals surface area contributed by atoms with Gasteiger partial charge < -0.3 is 25.7 Å². The molecule has 6 heteroatoms. The van der Waals surface area contributed by atoms with E-state index in [0.29, 0.717) is 12.8 Å². The van der Waals surface area contributed by atoms with Gasteiger partial charge in [-0.05, 0) is 38.5 Å². The lowest BCUT2D eigenvalue weighted by Gasteiger charge is -2.27. The molecule has 0 heterocycles. The molecule has 5 N–H and O–H groups in total. The van der Waals surface area contributed by atoms with Crippen molar-refractivity contribution in [2.45, 2.75) is 269 Å². The van der Waals surface area contributed by atoms with Gasteiger partial charge in [0.15, 0.2) is 0 Å². The molecule has 0 radical (unpaired) electrons. The number of nitrogens with one attached hydrogen (secondary N) is 1. The summed E-state index contributed by atoms with van der Waals surface area (Å²) in [5.74, 6) is -0.592. The molecule has 0 aliphatic rings. The Bertz CT molecular complexity index is 746. The number of aliphatic hydroxyl groups is 4. The van der Waals surface area contributed by atoms with Crippen LogP contribution < -0.4 is 5.32 Å². The van der Waals surface area contributed by atoms with Gasteiger partial charge in [-0.15, -0.1) is 0 Å². The molecule has 0 aliphatic carbocycles. The van der Waals surface area contributed by atoms with Crippen LogP contribution in [0.4, 0.5) is 0 Å². The van der Waals surface area contributed by atoms with Gasteiger partial charge in [-0.2, -0.15) is 0 Å². The van der Waals surface area contributed by atoms with Gasteiger partial charge in [-0.1, -0.05) is 219 Å².